The molecule has 108 valence electrons. The van der Waals surface area contributed by atoms with Gasteiger partial charge in [-0.3, -0.25) is 4.79 Å². The van der Waals surface area contributed by atoms with Crippen LogP contribution >= 0.6 is 22.6 Å². The quantitative estimate of drug-likeness (QED) is 0.475. The first kappa shape index (κ1) is 15.3. The summed E-state index contributed by atoms with van der Waals surface area (Å²) >= 11 is 2.10. The fraction of sp³-hybridized carbons (Fsp3) is 0.0667. The van der Waals surface area contributed by atoms with Crippen LogP contribution in [0.5, 0.6) is 11.5 Å². The Morgan fingerprint density at radius 1 is 1.33 bits per heavy atom. The highest BCUT2D eigenvalue weighted by Crippen LogP contribution is 2.21. The van der Waals surface area contributed by atoms with Crippen molar-refractivity contribution in [2.75, 3.05) is 7.11 Å². The van der Waals surface area contributed by atoms with Gasteiger partial charge in [0.1, 0.15) is 11.5 Å². The molecule has 0 aliphatic carbocycles. The van der Waals surface area contributed by atoms with Gasteiger partial charge in [-0.15, -0.1) is 0 Å². The Labute approximate surface area is 135 Å². The van der Waals surface area contributed by atoms with Gasteiger partial charge in [-0.1, -0.05) is 12.1 Å². The summed E-state index contributed by atoms with van der Waals surface area (Å²) in [7, 11) is 1.58. The van der Waals surface area contributed by atoms with Crippen molar-refractivity contribution in [3.8, 4) is 11.5 Å². The Kier molecular flexibility index (Phi) is 5.15. The van der Waals surface area contributed by atoms with E-state index in [1.807, 2.05) is 0 Å². The van der Waals surface area contributed by atoms with E-state index in [0.29, 0.717) is 11.1 Å². The molecule has 1 amide bonds. The molecule has 0 spiro atoms. The summed E-state index contributed by atoms with van der Waals surface area (Å²) in [4.78, 5) is 11.9. The van der Waals surface area contributed by atoms with Crippen LogP contribution in [0.3, 0.4) is 0 Å². The van der Waals surface area contributed by atoms with E-state index in [1.54, 1.807) is 49.6 Å². The van der Waals surface area contributed by atoms with E-state index < -0.39 is 0 Å². The second kappa shape index (κ2) is 7.07. The van der Waals surface area contributed by atoms with Gasteiger partial charge in [-0.2, -0.15) is 5.10 Å². The second-order valence-corrected chi connectivity index (χ2v) is 5.31. The van der Waals surface area contributed by atoms with Crippen molar-refractivity contribution >= 4 is 34.7 Å². The molecular weight excluding hydrogens is 383 g/mol. The number of phenols is 1. The van der Waals surface area contributed by atoms with Crippen molar-refractivity contribution in [2.45, 2.75) is 0 Å². The largest absolute Gasteiger partial charge is 0.508 e. The molecule has 2 aromatic carbocycles. The van der Waals surface area contributed by atoms with Crippen molar-refractivity contribution in [1.82, 2.24) is 5.43 Å². The predicted octanol–water partition coefficient (Wildman–Crippen LogP) is 2.77. The standard InChI is InChI=1S/C15H13IN2O3/c1-21-14-6-5-11(8-13(14)16)15(20)18-17-9-10-3-2-4-12(19)7-10/h2-9,19H,1H3,(H,18,20)/b17-9+. The van der Waals surface area contributed by atoms with E-state index in [0.717, 1.165) is 9.32 Å². The number of benzene rings is 2. The zero-order valence-corrected chi connectivity index (χ0v) is 13.4. The number of phenolic OH excluding ortho intramolecular Hbond substituents is 1. The molecule has 21 heavy (non-hydrogen) atoms. The molecule has 0 aromatic heterocycles. The van der Waals surface area contributed by atoms with Crippen molar-refractivity contribution < 1.29 is 14.6 Å². The SMILES string of the molecule is COc1ccc(C(=O)N/N=C/c2cccc(O)c2)cc1I. The van der Waals surface area contributed by atoms with Gasteiger partial charge in [0.25, 0.3) is 5.91 Å². The summed E-state index contributed by atoms with van der Waals surface area (Å²) in [6.45, 7) is 0. The Morgan fingerprint density at radius 2 is 2.14 bits per heavy atom. The first-order chi connectivity index (χ1) is 10.1. The summed E-state index contributed by atoms with van der Waals surface area (Å²) in [5, 5.41) is 13.2. The number of ether oxygens (including phenoxy) is 1. The number of nitrogens with zero attached hydrogens (tertiary/aromatic N) is 1. The van der Waals surface area contributed by atoms with E-state index in [2.05, 4.69) is 33.1 Å². The van der Waals surface area contributed by atoms with Gasteiger partial charge in [-0.25, -0.2) is 5.43 Å². The number of amides is 1. The van der Waals surface area contributed by atoms with Crippen LogP contribution in [0.2, 0.25) is 0 Å². The molecule has 0 bridgehead atoms. The Balaban J connectivity index is 2.03. The van der Waals surface area contributed by atoms with Gasteiger partial charge in [0.2, 0.25) is 0 Å². The number of hydrazone groups is 1. The fourth-order valence-electron chi connectivity index (χ4n) is 1.64. The fourth-order valence-corrected chi connectivity index (χ4v) is 2.38. The van der Waals surface area contributed by atoms with Crippen molar-refractivity contribution in [2.24, 2.45) is 5.10 Å². The monoisotopic (exact) mass is 396 g/mol. The third kappa shape index (κ3) is 4.19. The smallest absolute Gasteiger partial charge is 0.271 e. The molecule has 0 heterocycles. The molecule has 0 saturated heterocycles. The number of hydrogen-bond donors (Lipinski definition) is 2. The molecule has 2 N–H and O–H groups in total. The molecule has 0 radical (unpaired) electrons. The van der Waals surface area contributed by atoms with Crippen molar-refractivity contribution in [1.29, 1.82) is 0 Å². The second-order valence-electron chi connectivity index (χ2n) is 4.14. The lowest BCUT2D eigenvalue weighted by Gasteiger charge is -2.05. The normalized spacial score (nSPS) is 10.6. The minimum Gasteiger partial charge on any atom is -0.508 e. The summed E-state index contributed by atoms with van der Waals surface area (Å²) < 4.78 is 5.98. The molecular formula is C15H13IN2O3. The van der Waals surface area contributed by atoms with Crippen LogP contribution in [0.1, 0.15) is 15.9 Å². The Hall–Kier alpha value is -2.09. The molecule has 2 rings (SSSR count). The number of carbonyl (C=O) groups excluding carboxylic acids is 1. The van der Waals surface area contributed by atoms with Gasteiger partial charge in [0, 0.05) is 5.56 Å². The number of aromatic hydroxyl groups is 1. The highest BCUT2D eigenvalue weighted by molar-refractivity contribution is 14.1. The summed E-state index contributed by atoms with van der Waals surface area (Å²) in [6, 6.07) is 11.7. The van der Waals surface area contributed by atoms with E-state index in [1.165, 1.54) is 6.21 Å². The molecule has 2 aromatic rings. The highest BCUT2D eigenvalue weighted by atomic mass is 127. The molecule has 0 unspecified atom stereocenters. The summed E-state index contributed by atoms with van der Waals surface area (Å²) in [5.74, 6) is 0.553. The van der Waals surface area contributed by atoms with E-state index in [-0.39, 0.29) is 11.7 Å². The number of hydrogen-bond acceptors (Lipinski definition) is 4. The van der Waals surface area contributed by atoms with Crippen LogP contribution in [0.15, 0.2) is 47.6 Å². The van der Waals surface area contributed by atoms with Gasteiger partial charge in [-0.05, 0) is 58.5 Å². The number of carbonyl (C=O) groups is 1. The first-order valence-electron chi connectivity index (χ1n) is 6.06. The summed E-state index contributed by atoms with van der Waals surface area (Å²) in [5.41, 5.74) is 3.62. The Bertz CT molecular complexity index is 686. The molecule has 0 atom stereocenters. The lowest BCUT2D eigenvalue weighted by atomic mass is 10.2. The van der Waals surface area contributed by atoms with Crippen LogP contribution in [-0.2, 0) is 0 Å². The van der Waals surface area contributed by atoms with Gasteiger partial charge >= 0.3 is 0 Å². The first-order valence-corrected chi connectivity index (χ1v) is 7.14. The topological polar surface area (TPSA) is 70.9 Å². The Morgan fingerprint density at radius 3 is 2.81 bits per heavy atom. The molecule has 0 fully saturated rings. The van der Waals surface area contributed by atoms with Crippen LogP contribution in [-0.4, -0.2) is 24.3 Å². The molecule has 0 saturated carbocycles. The lowest BCUT2D eigenvalue weighted by molar-refractivity contribution is 0.0955. The van der Waals surface area contributed by atoms with E-state index in [9.17, 15) is 9.90 Å². The average Bonchev–Trinajstić information content (AvgIpc) is 2.47. The maximum Gasteiger partial charge on any atom is 0.271 e. The van der Waals surface area contributed by atoms with Crippen molar-refractivity contribution in [3.05, 3.63) is 57.2 Å². The van der Waals surface area contributed by atoms with E-state index in [4.69, 9.17) is 4.74 Å². The minimum absolute atomic E-state index is 0.148. The number of methoxy groups -OCH3 is 1. The van der Waals surface area contributed by atoms with E-state index >= 15 is 0 Å². The van der Waals surface area contributed by atoms with Crippen LogP contribution in [0.4, 0.5) is 0 Å². The van der Waals surface area contributed by atoms with Crippen LogP contribution < -0.4 is 10.2 Å². The zero-order valence-electron chi connectivity index (χ0n) is 11.2. The summed E-state index contributed by atoms with van der Waals surface area (Å²) in [6.07, 6.45) is 1.46. The van der Waals surface area contributed by atoms with Gasteiger partial charge in [0.05, 0.1) is 16.9 Å². The molecule has 0 aliphatic heterocycles. The lowest BCUT2D eigenvalue weighted by Crippen LogP contribution is -2.17. The maximum atomic E-state index is 11.9. The number of rotatable bonds is 4. The third-order valence-electron chi connectivity index (χ3n) is 2.66. The highest BCUT2D eigenvalue weighted by Gasteiger charge is 2.07. The zero-order chi connectivity index (χ0) is 15.2. The molecule has 6 heteroatoms. The third-order valence-corrected chi connectivity index (χ3v) is 3.51. The number of halogens is 1. The number of nitrogens with one attached hydrogen (secondary N) is 1. The average molecular weight is 396 g/mol. The predicted molar refractivity (Wildman–Crippen MR) is 88.9 cm³/mol. The van der Waals surface area contributed by atoms with Gasteiger partial charge in [0.15, 0.2) is 0 Å². The van der Waals surface area contributed by atoms with Crippen molar-refractivity contribution in [3.63, 3.8) is 0 Å². The van der Waals surface area contributed by atoms with Gasteiger partial charge < -0.3 is 9.84 Å². The molecule has 5 nitrogen and oxygen atoms in total. The maximum absolute atomic E-state index is 11.9. The van der Waals surface area contributed by atoms with Crippen LogP contribution in [0.25, 0.3) is 0 Å². The van der Waals surface area contributed by atoms with Crippen LogP contribution in [0, 0.1) is 3.57 Å². The minimum atomic E-state index is -0.313. The molecule has 0 aliphatic rings.